The molecule has 0 radical (unpaired) electrons. The number of ether oxygens (including phenoxy) is 2. The molecule has 0 unspecified atom stereocenters. The van der Waals surface area contributed by atoms with Gasteiger partial charge in [-0.15, -0.1) is 0 Å². The molecule has 2 aromatic carbocycles. The van der Waals surface area contributed by atoms with Crippen molar-refractivity contribution in [1.29, 1.82) is 0 Å². The first kappa shape index (κ1) is 25.9. The van der Waals surface area contributed by atoms with Crippen LogP contribution in [0.15, 0.2) is 30.3 Å². The van der Waals surface area contributed by atoms with Gasteiger partial charge in [0.25, 0.3) is 0 Å². The number of nitrogens with two attached hydrogens (primary N) is 1. The average molecular weight is 500 g/mol. The molecule has 0 aromatic heterocycles. The molecule has 0 amide bonds. The fourth-order valence-electron chi connectivity index (χ4n) is 4.70. The zero-order valence-corrected chi connectivity index (χ0v) is 19.9. The molecule has 0 spiro atoms. The topological polar surface area (TPSA) is 177 Å². The van der Waals surface area contributed by atoms with Crippen molar-refractivity contribution in [3.63, 3.8) is 0 Å². The summed E-state index contributed by atoms with van der Waals surface area (Å²) < 4.78 is 11.2. The molecule has 1 fully saturated rings. The molecular weight excluding hydrogens is 470 g/mol. The predicted octanol–water partition coefficient (Wildman–Crippen LogP) is 0.966. The zero-order valence-electron chi connectivity index (χ0n) is 19.9. The van der Waals surface area contributed by atoms with Crippen LogP contribution in [0.4, 0.5) is 0 Å². The Morgan fingerprint density at radius 1 is 1.17 bits per heavy atom. The van der Waals surface area contributed by atoms with Gasteiger partial charge in [-0.1, -0.05) is 24.3 Å². The van der Waals surface area contributed by atoms with Gasteiger partial charge in [-0.3, -0.25) is 14.4 Å². The lowest BCUT2D eigenvalue weighted by Gasteiger charge is -2.36. The van der Waals surface area contributed by atoms with E-state index in [-0.39, 0.29) is 47.3 Å². The van der Waals surface area contributed by atoms with Gasteiger partial charge in [-0.2, -0.15) is 0 Å². The second kappa shape index (κ2) is 9.72. The van der Waals surface area contributed by atoms with Crippen molar-refractivity contribution in [3.05, 3.63) is 58.1 Å². The highest BCUT2D eigenvalue weighted by Gasteiger charge is 2.39. The van der Waals surface area contributed by atoms with E-state index >= 15 is 0 Å². The van der Waals surface area contributed by atoms with Gasteiger partial charge in [0.1, 0.15) is 17.1 Å². The van der Waals surface area contributed by atoms with Crippen molar-refractivity contribution in [2.45, 2.75) is 63.3 Å². The number of fused-ring (bicyclic) bond motifs is 2. The molecule has 2 aromatic rings. The Labute approximate surface area is 207 Å². The molecular formula is C26H29NO9. The summed E-state index contributed by atoms with van der Waals surface area (Å²) in [4.78, 5) is 38.4. The number of rotatable bonds is 7. The van der Waals surface area contributed by atoms with E-state index in [1.165, 1.54) is 19.1 Å². The maximum Gasteiger partial charge on any atom is 0.198 e. The van der Waals surface area contributed by atoms with Gasteiger partial charge in [0, 0.05) is 42.0 Å². The van der Waals surface area contributed by atoms with E-state index < -0.39 is 65.4 Å². The minimum Gasteiger partial charge on any atom is -0.507 e. The number of carbonyl (C=O) groups excluding carboxylic acids is 3. The van der Waals surface area contributed by atoms with Gasteiger partial charge in [-0.25, -0.2) is 0 Å². The van der Waals surface area contributed by atoms with E-state index in [0.29, 0.717) is 0 Å². The molecule has 192 valence electrons. The minimum atomic E-state index is -2.01. The maximum absolute atomic E-state index is 13.1. The van der Waals surface area contributed by atoms with Crippen LogP contribution in [-0.2, 0) is 20.7 Å². The first-order valence-electron chi connectivity index (χ1n) is 11.6. The summed E-state index contributed by atoms with van der Waals surface area (Å²) in [5.41, 5.74) is 3.31. The van der Waals surface area contributed by atoms with Crippen LogP contribution in [0, 0.1) is 0 Å². The Hall–Kier alpha value is -3.15. The van der Waals surface area contributed by atoms with Crippen LogP contribution >= 0.6 is 0 Å². The SMILES string of the molecule is CC(=O)[C@@](O)(CCO[C@H]1C[C@H](N)[C@H](O)[C@H](C)O1)Cc1cc(O)c2c(c1O)C(=O)c1ccccc1C2=O. The summed E-state index contributed by atoms with van der Waals surface area (Å²) in [6, 6.07) is 6.60. The largest absolute Gasteiger partial charge is 0.507 e. The molecule has 4 rings (SSSR count). The number of phenols is 2. The Bertz CT molecular complexity index is 1210. The number of Topliss-reactive ketones (excluding diaryl/α,β-unsaturated/α-hetero) is 1. The molecule has 10 heteroatoms. The third-order valence-electron chi connectivity index (χ3n) is 6.94. The van der Waals surface area contributed by atoms with Crippen molar-refractivity contribution < 1.29 is 44.3 Å². The van der Waals surface area contributed by atoms with Crippen LogP contribution in [-0.4, -0.2) is 74.5 Å². The van der Waals surface area contributed by atoms with Crippen molar-refractivity contribution in [2.24, 2.45) is 5.73 Å². The third kappa shape index (κ3) is 4.54. The summed E-state index contributed by atoms with van der Waals surface area (Å²) in [7, 11) is 0. The van der Waals surface area contributed by atoms with Gasteiger partial charge in [0.2, 0.25) is 0 Å². The van der Waals surface area contributed by atoms with E-state index in [9.17, 15) is 34.8 Å². The Morgan fingerprint density at radius 2 is 1.78 bits per heavy atom. The predicted molar refractivity (Wildman–Crippen MR) is 126 cm³/mol. The molecule has 36 heavy (non-hydrogen) atoms. The molecule has 1 heterocycles. The Kier molecular flexibility index (Phi) is 7.00. The van der Waals surface area contributed by atoms with Gasteiger partial charge in [0.05, 0.1) is 29.9 Å². The normalized spacial score (nSPS) is 25.1. The smallest absolute Gasteiger partial charge is 0.198 e. The van der Waals surface area contributed by atoms with Crippen LogP contribution in [0.2, 0.25) is 0 Å². The van der Waals surface area contributed by atoms with Crippen molar-refractivity contribution in [2.75, 3.05) is 6.61 Å². The third-order valence-corrected chi connectivity index (χ3v) is 6.94. The summed E-state index contributed by atoms with van der Waals surface area (Å²) in [5.74, 6) is -3.00. The number of aliphatic hydroxyl groups excluding tert-OH is 1. The standard InChI is InChI=1S/C26H29NO9/c1-12-22(30)17(27)10-19(36-12)35-8-7-26(34,13(2)28)11-14-9-18(29)20-21(23(14)31)25(33)16-6-4-3-5-15(16)24(20)32/h3-6,9,12,17,19,22,29-31,34H,7-8,10-11,27H2,1-2H3/t12-,17-,19+,22+,26+/m0/s1. The molecule has 1 saturated heterocycles. The van der Waals surface area contributed by atoms with Crippen molar-refractivity contribution in [1.82, 2.24) is 0 Å². The molecule has 0 bridgehead atoms. The van der Waals surface area contributed by atoms with Crippen molar-refractivity contribution >= 4 is 17.3 Å². The number of carbonyl (C=O) groups is 3. The Morgan fingerprint density at radius 3 is 2.36 bits per heavy atom. The highest BCUT2D eigenvalue weighted by Crippen LogP contribution is 2.41. The summed E-state index contributed by atoms with van der Waals surface area (Å²) in [6.07, 6.45) is -2.53. The number of ketones is 3. The minimum absolute atomic E-state index is 0.0721. The lowest BCUT2D eigenvalue weighted by Crippen LogP contribution is -2.52. The highest BCUT2D eigenvalue weighted by molar-refractivity contribution is 6.30. The molecule has 6 N–H and O–H groups in total. The summed E-state index contributed by atoms with van der Waals surface area (Å²) in [5, 5.41) is 42.6. The fourth-order valence-corrected chi connectivity index (χ4v) is 4.70. The van der Waals surface area contributed by atoms with Gasteiger partial charge >= 0.3 is 0 Å². The molecule has 2 aliphatic rings. The summed E-state index contributed by atoms with van der Waals surface area (Å²) in [6.45, 7) is 2.71. The zero-order chi connectivity index (χ0) is 26.4. The number of aliphatic hydroxyl groups is 2. The average Bonchev–Trinajstić information content (AvgIpc) is 2.83. The maximum atomic E-state index is 13.1. The van der Waals surface area contributed by atoms with Crippen LogP contribution in [0.5, 0.6) is 11.5 Å². The van der Waals surface area contributed by atoms with Gasteiger partial charge in [0.15, 0.2) is 23.6 Å². The van der Waals surface area contributed by atoms with Crippen LogP contribution in [0.25, 0.3) is 0 Å². The van der Waals surface area contributed by atoms with Crippen LogP contribution in [0.1, 0.15) is 64.1 Å². The highest BCUT2D eigenvalue weighted by atomic mass is 16.7. The summed E-state index contributed by atoms with van der Waals surface area (Å²) >= 11 is 0. The van der Waals surface area contributed by atoms with E-state index in [2.05, 4.69) is 0 Å². The van der Waals surface area contributed by atoms with Crippen LogP contribution < -0.4 is 5.73 Å². The molecule has 5 atom stereocenters. The number of phenolic OH excluding ortho intramolecular Hbond substituents is 2. The second-order valence-electron chi connectivity index (χ2n) is 9.40. The lowest BCUT2D eigenvalue weighted by atomic mass is 9.80. The van der Waals surface area contributed by atoms with Crippen LogP contribution in [0.3, 0.4) is 0 Å². The molecule has 1 aliphatic heterocycles. The first-order chi connectivity index (χ1) is 16.9. The number of benzene rings is 2. The quantitative estimate of drug-likeness (QED) is 0.294. The number of hydrogen-bond donors (Lipinski definition) is 5. The van der Waals surface area contributed by atoms with E-state index in [1.54, 1.807) is 19.1 Å². The van der Waals surface area contributed by atoms with Gasteiger partial charge in [-0.05, 0) is 19.9 Å². The Balaban J connectivity index is 1.56. The monoisotopic (exact) mass is 499 g/mol. The second-order valence-corrected chi connectivity index (χ2v) is 9.40. The molecule has 10 nitrogen and oxygen atoms in total. The lowest BCUT2D eigenvalue weighted by molar-refractivity contribution is -0.225. The fraction of sp³-hybridized carbons (Fsp3) is 0.423. The molecule has 0 saturated carbocycles. The number of aromatic hydroxyl groups is 2. The van der Waals surface area contributed by atoms with E-state index in [1.807, 2.05) is 0 Å². The number of hydrogen-bond acceptors (Lipinski definition) is 10. The molecule has 1 aliphatic carbocycles. The first-order valence-corrected chi connectivity index (χ1v) is 11.6. The van der Waals surface area contributed by atoms with Crippen molar-refractivity contribution in [3.8, 4) is 11.5 Å². The van der Waals surface area contributed by atoms with Gasteiger partial charge < -0.3 is 35.6 Å². The van der Waals surface area contributed by atoms with E-state index in [4.69, 9.17) is 15.2 Å². The van der Waals surface area contributed by atoms with E-state index in [0.717, 1.165) is 6.07 Å².